The Balaban J connectivity index is 1.10. The fourth-order valence-corrected chi connectivity index (χ4v) is 13.1. The summed E-state index contributed by atoms with van der Waals surface area (Å²) in [6.07, 6.45) is 3.48. The Morgan fingerprint density at radius 2 is 0.761 bits per heavy atom. The highest BCUT2D eigenvalue weighted by atomic mass is 15.3. The van der Waals surface area contributed by atoms with Crippen LogP contribution >= 0.6 is 0 Å². The Morgan fingerprint density at radius 1 is 0.338 bits per heavy atom. The van der Waals surface area contributed by atoms with Gasteiger partial charge in [-0.3, -0.25) is 0 Å². The molecule has 0 N–H and O–H groups in total. The van der Waals surface area contributed by atoms with Crippen molar-refractivity contribution in [3.8, 4) is 44.5 Å². The summed E-state index contributed by atoms with van der Waals surface area (Å²) >= 11 is 0. The van der Waals surface area contributed by atoms with Crippen LogP contribution < -0.4 is 31.1 Å². The Labute approximate surface area is 418 Å². The minimum atomic E-state index is -0.132. The van der Waals surface area contributed by atoms with Crippen LogP contribution in [0.3, 0.4) is 0 Å². The van der Waals surface area contributed by atoms with Crippen molar-refractivity contribution in [3.05, 3.63) is 248 Å². The monoisotopic (exact) mass is 909 g/mol. The number of fused-ring (bicyclic) bond motifs is 7. The van der Waals surface area contributed by atoms with Crippen LogP contribution in [0.4, 0.5) is 45.5 Å². The highest BCUT2D eigenvalue weighted by Gasteiger charge is 2.59. The maximum absolute atomic E-state index is 2.75. The van der Waals surface area contributed by atoms with Gasteiger partial charge in [-0.15, -0.1) is 0 Å². The van der Waals surface area contributed by atoms with Crippen LogP contribution in [0.1, 0.15) is 38.7 Å². The van der Waals surface area contributed by atoms with E-state index in [1.165, 1.54) is 113 Å². The van der Waals surface area contributed by atoms with Crippen molar-refractivity contribution in [2.75, 3.05) is 14.7 Å². The first-order valence-corrected chi connectivity index (χ1v) is 25.3. The van der Waals surface area contributed by atoms with Crippen molar-refractivity contribution >= 4 is 68.6 Å². The molecule has 71 heavy (non-hydrogen) atoms. The Kier molecular flexibility index (Phi) is 9.45. The minimum absolute atomic E-state index is 0.00103. The molecule has 3 heterocycles. The van der Waals surface area contributed by atoms with Gasteiger partial charge in [0.15, 0.2) is 0 Å². The maximum atomic E-state index is 2.75. The molecule has 0 amide bonds. The van der Waals surface area contributed by atoms with Crippen molar-refractivity contribution < 1.29 is 0 Å². The van der Waals surface area contributed by atoms with Crippen LogP contribution in [0.15, 0.2) is 243 Å². The first-order chi connectivity index (χ1) is 34.9. The third-order valence-corrected chi connectivity index (χ3v) is 16.7. The molecule has 4 aliphatic rings. The maximum Gasteiger partial charge on any atom is 0.252 e. The van der Waals surface area contributed by atoms with E-state index in [4.69, 9.17) is 0 Å². The SMILES string of the molecule is CC12CCCC1(C)N(c1cc3c4c(c1)N(c1cccc(-c5ccccc5)c1)c1cc(-c5ccccc5)ccc1B4c1ccc(-c4ccccc4)cc1N3c1cccc(-c3ccccc3)c1)c1ccccc12. The lowest BCUT2D eigenvalue weighted by Crippen LogP contribution is -2.61. The summed E-state index contributed by atoms with van der Waals surface area (Å²) in [6.45, 7) is 5.02. The van der Waals surface area contributed by atoms with Crippen LogP contribution in [-0.4, -0.2) is 12.3 Å². The average molecular weight is 910 g/mol. The van der Waals surface area contributed by atoms with Crippen molar-refractivity contribution in [1.82, 2.24) is 0 Å². The molecule has 3 aliphatic heterocycles. The number of hydrogen-bond donors (Lipinski definition) is 0. The van der Waals surface area contributed by atoms with Gasteiger partial charge in [0, 0.05) is 50.9 Å². The Morgan fingerprint density at radius 3 is 1.24 bits per heavy atom. The van der Waals surface area contributed by atoms with E-state index in [2.05, 4.69) is 271 Å². The second-order valence-electron chi connectivity index (χ2n) is 20.4. The van der Waals surface area contributed by atoms with Gasteiger partial charge in [0.1, 0.15) is 0 Å². The molecule has 2 unspecified atom stereocenters. The van der Waals surface area contributed by atoms with Gasteiger partial charge in [-0.2, -0.15) is 0 Å². The van der Waals surface area contributed by atoms with Gasteiger partial charge in [-0.25, -0.2) is 0 Å². The molecule has 4 heteroatoms. The van der Waals surface area contributed by atoms with Crippen LogP contribution in [0.5, 0.6) is 0 Å². The molecule has 338 valence electrons. The average Bonchev–Trinajstić information content (AvgIpc) is 3.84. The van der Waals surface area contributed by atoms with Crippen molar-refractivity contribution in [3.63, 3.8) is 0 Å². The molecule has 10 aromatic carbocycles. The van der Waals surface area contributed by atoms with Crippen molar-refractivity contribution in [2.45, 2.75) is 44.1 Å². The van der Waals surface area contributed by atoms with Crippen LogP contribution in [0.25, 0.3) is 44.5 Å². The zero-order valence-corrected chi connectivity index (χ0v) is 40.1. The zero-order chi connectivity index (χ0) is 47.3. The molecule has 0 spiro atoms. The Hall–Kier alpha value is -8.34. The number of benzene rings is 10. The fourth-order valence-electron chi connectivity index (χ4n) is 13.1. The lowest BCUT2D eigenvalue weighted by atomic mass is 9.33. The van der Waals surface area contributed by atoms with Gasteiger partial charge in [0.05, 0.1) is 5.54 Å². The molecular weight excluding hydrogens is 858 g/mol. The standard InChI is InChI=1S/C67H52BN3/c1-66-38-19-39-67(66,2)71(60-33-16-15-32-57(60)66)56-44-63-65-64(45-56)70(55-31-18-29-51(41-55)47-22-9-4-10-23-47)62-43-53(49-26-13-6-14-27-49)35-37-59(62)68(65)58-36-34-52(48-24-11-5-12-25-48)42-61(58)69(63)54-30-17-28-50(40-54)46-20-7-3-8-21-46/h3-18,20-37,40-45H,19,38-39H2,1-2H3. The van der Waals surface area contributed by atoms with Gasteiger partial charge >= 0.3 is 0 Å². The number of anilines is 8. The quantitative estimate of drug-likeness (QED) is 0.148. The molecule has 1 fully saturated rings. The van der Waals surface area contributed by atoms with E-state index in [-0.39, 0.29) is 17.7 Å². The zero-order valence-electron chi connectivity index (χ0n) is 40.1. The summed E-state index contributed by atoms with van der Waals surface area (Å²) in [7, 11) is 0. The second kappa shape index (κ2) is 16.1. The first-order valence-electron chi connectivity index (χ1n) is 25.3. The largest absolute Gasteiger partial charge is 0.334 e. The van der Waals surface area contributed by atoms with Crippen molar-refractivity contribution in [1.29, 1.82) is 0 Å². The normalized spacial score (nSPS) is 18.1. The molecule has 1 saturated carbocycles. The summed E-state index contributed by atoms with van der Waals surface area (Å²) in [5.41, 5.74) is 24.5. The predicted octanol–water partition coefficient (Wildman–Crippen LogP) is 15.8. The van der Waals surface area contributed by atoms with E-state index in [0.29, 0.717) is 0 Å². The topological polar surface area (TPSA) is 9.72 Å². The Bertz CT molecular complexity index is 3490. The summed E-state index contributed by atoms with van der Waals surface area (Å²) in [5.74, 6) is 0. The van der Waals surface area contributed by atoms with E-state index < -0.39 is 0 Å². The van der Waals surface area contributed by atoms with E-state index in [1.807, 2.05) is 0 Å². The predicted molar refractivity (Wildman–Crippen MR) is 300 cm³/mol. The van der Waals surface area contributed by atoms with E-state index in [9.17, 15) is 0 Å². The van der Waals surface area contributed by atoms with Gasteiger partial charge < -0.3 is 14.7 Å². The van der Waals surface area contributed by atoms with E-state index in [1.54, 1.807) is 0 Å². The minimum Gasteiger partial charge on any atom is -0.334 e. The van der Waals surface area contributed by atoms with Gasteiger partial charge in [-0.05, 0) is 141 Å². The molecule has 2 atom stereocenters. The second-order valence-corrected chi connectivity index (χ2v) is 20.4. The third-order valence-electron chi connectivity index (χ3n) is 16.7. The van der Waals surface area contributed by atoms with E-state index in [0.717, 1.165) is 17.8 Å². The molecule has 0 aromatic heterocycles. The fraction of sp³-hybridized carbons (Fsp3) is 0.104. The van der Waals surface area contributed by atoms with Crippen LogP contribution in [0.2, 0.25) is 0 Å². The molecule has 10 aromatic rings. The molecule has 3 nitrogen and oxygen atoms in total. The molecule has 0 radical (unpaired) electrons. The molecule has 1 aliphatic carbocycles. The summed E-state index contributed by atoms with van der Waals surface area (Å²) in [4.78, 5) is 7.96. The van der Waals surface area contributed by atoms with E-state index >= 15 is 0 Å². The molecule has 14 rings (SSSR count). The molecule has 0 bridgehead atoms. The number of rotatable bonds is 7. The first kappa shape index (κ1) is 41.6. The van der Waals surface area contributed by atoms with Gasteiger partial charge in [0.2, 0.25) is 0 Å². The highest BCUT2D eigenvalue weighted by Crippen LogP contribution is 2.63. The van der Waals surface area contributed by atoms with Crippen LogP contribution in [0, 0.1) is 0 Å². The van der Waals surface area contributed by atoms with Gasteiger partial charge in [-0.1, -0.05) is 201 Å². The number of nitrogens with zero attached hydrogens (tertiary/aromatic N) is 3. The summed E-state index contributed by atoms with van der Waals surface area (Å²) < 4.78 is 0. The van der Waals surface area contributed by atoms with Gasteiger partial charge in [0.25, 0.3) is 6.71 Å². The smallest absolute Gasteiger partial charge is 0.252 e. The number of para-hydroxylation sites is 1. The summed E-state index contributed by atoms with van der Waals surface area (Å²) in [5, 5.41) is 0. The lowest BCUT2D eigenvalue weighted by Gasteiger charge is -2.47. The third kappa shape index (κ3) is 6.37. The highest BCUT2D eigenvalue weighted by molar-refractivity contribution is 7.00. The molecular formula is C67H52BN3. The van der Waals surface area contributed by atoms with Crippen molar-refractivity contribution in [2.24, 2.45) is 0 Å². The lowest BCUT2D eigenvalue weighted by molar-refractivity contribution is 0.330. The number of hydrogen-bond acceptors (Lipinski definition) is 3. The summed E-state index contributed by atoms with van der Waals surface area (Å²) in [6, 6.07) is 90.7. The molecule has 0 saturated heterocycles. The van der Waals surface area contributed by atoms with Crippen LogP contribution in [-0.2, 0) is 5.41 Å².